The van der Waals surface area contributed by atoms with E-state index in [-0.39, 0.29) is 0 Å². The zero-order valence-electron chi connectivity index (χ0n) is 14.6. The molecule has 0 fully saturated rings. The number of fused-ring (bicyclic) bond motifs is 3. The van der Waals surface area contributed by atoms with E-state index >= 15 is 0 Å². The first kappa shape index (κ1) is 15.0. The summed E-state index contributed by atoms with van der Waals surface area (Å²) < 4.78 is 6.04. The van der Waals surface area contributed by atoms with Gasteiger partial charge in [0.05, 0.1) is 0 Å². The highest BCUT2D eigenvalue weighted by Gasteiger charge is 2.12. The van der Waals surface area contributed by atoms with Crippen LogP contribution in [0.1, 0.15) is 5.56 Å². The number of rotatable bonds is 2. The highest BCUT2D eigenvalue weighted by molar-refractivity contribution is 6.12. The zero-order valence-corrected chi connectivity index (χ0v) is 14.6. The van der Waals surface area contributed by atoms with Crippen molar-refractivity contribution >= 4 is 21.9 Å². The molecule has 1 heteroatoms. The van der Waals surface area contributed by atoms with Crippen LogP contribution < -0.4 is 0 Å². The molecule has 1 nitrogen and oxygen atoms in total. The van der Waals surface area contributed by atoms with Crippen molar-refractivity contribution in [2.75, 3.05) is 0 Å². The lowest BCUT2D eigenvalue weighted by Gasteiger charge is -2.10. The zero-order chi connectivity index (χ0) is 17.5. The Labute approximate surface area is 152 Å². The largest absolute Gasteiger partial charge is 0.456 e. The smallest absolute Gasteiger partial charge is 0.136 e. The van der Waals surface area contributed by atoms with Crippen molar-refractivity contribution < 1.29 is 4.42 Å². The van der Waals surface area contributed by atoms with E-state index in [0.717, 1.165) is 11.2 Å². The Hall–Kier alpha value is -3.32. The Morgan fingerprint density at radius 1 is 0.577 bits per heavy atom. The van der Waals surface area contributed by atoms with Crippen LogP contribution in [-0.2, 0) is 0 Å². The van der Waals surface area contributed by atoms with E-state index in [4.69, 9.17) is 4.42 Å². The van der Waals surface area contributed by atoms with Crippen molar-refractivity contribution in [1.29, 1.82) is 0 Å². The van der Waals surface area contributed by atoms with Gasteiger partial charge < -0.3 is 4.42 Å². The molecule has 0 bridgehead atoms. The molecule has 1 aromatic heterocycles. The van der Waals surface area contributed by atoms with Crippen molar-refractivity contribution in [2.24, 2.45) is 0 Å². The van der Waals surface area contributed by atoms with Crippen LogP contribution in [0.4, 0.5) is 0 Å². The van der Waals surface area contributed by atoms with Gasteiger partial charge in [-0.05, 0) is 46.9 Å². The van der Waals surface area contributed by atoms with Gasteiger partial charge in [-0.25, -0.2) is 0 Å². The van der Waals surface area contributed by atoms with Crippen molar-refractivity contribution in [3.05, 3.63) is 96.6 Å². The minimum atomic E-state index is 0.938. The predicted molar refractivity (Wildman–Crippen MR) is 109 cm³/mol. The molecule has 0 unspecified atom stereocenters. The average Bonchev–Trinajstić information content (AvgIpc) is 3.07. The minimum absolute atomic E-state index is 0.938. The molecule has 124 valence electrons. The molecule has 0 radical (unpaired) electrons. The number of hydrogen-bond donors (Lipinski definition) is 0. The first-order valence-electron chi connectivity index (χ1n) is 8.88. The molecule has 0 saturated carbocycles. The number of benzene rings is 4. The van der Waals surface area contributed by atoms with Crippen molar-refractivity contribution in [3.63, 3.8) is 0 Å². The summed E-state index contributed by atoms with van der Waals surface area (Å²) in [4.78, 5) is 0. The Balaban J connectivity index is 1.72. The maximum Gasteiger partial charge on any atom is 0.136 e. The van der Waals surface area contributed by atoms with Crippen LogP contribution >= 0.6 is 0 Å². The van der Waals surface area contributed by atoms with Gasteiger partial charge in [-0.1, -0.05) is 78.9 Å². The third-order valence-electron chi connectivity index (χ3n) is 5.02. The Kier molecular flexibility index (Phi) is 3.39. The average molecular weight is 334 g/mol. The standard InChI is InChI=1S/C25H18O/c1-17-16-19(14-15-20(17)18-8-3-2-4-9-18)21-11-7-13-24-25(21)22-10-5-6-12-23(22)26-24/h2-16H,1H3. The SMILES string of the molecule is Cc1cc(-c2cccc3oc4ccccc4c23)ccc1-c1ccccc1. The summed E-state index contributed by atoms with van der Waals surface area (Å²) in [6.07, 6.45) is 0. The monoisotopic (exact) mass is 334 g/mol. The maximum atomic E-state index is 6.04. The van der Waals surface area contributed by atoms with Crippen LogP contribution in [0.25, 0.3) is 44.2 Å². The normalized spacial score (nSPS) is 11.3. The van der Waals surface area contributed by atoms with Gasteiger partial charge in [-0.2, -0.15) is 0 Å². The molecule has 0 N–H and O–H groups in total. The molecule has 5 rings (SSSR count). The maximum absolute atomic E-state index is 6.04. The van der Waals surface area contributed by atoms with Crippen molar-refractivity contribution in [1.82, 2.24) is 0 Å². The topological polar surface area (TPSA) is 13.1 Å². The minimum Gasteiger partial charge on any atom is -0.456 e. The third kappa shape index (κ3) is 2.33. The number of aryl methyl sites for hydroxylation is 1. The molecule has 0 amide bonds. The van der Waals surface area contributed by atoms with E-state index in [1.54, 1.807) is 0 Å². The van der Waals surface area contributed by atoms with E-state index in [1.807, 2.05) is 18.2 Å². The number of para-hydroxylation sites is 1. The summed E-state index contributed by atoms with van der Waals surface area (Å²) in [5, 5.41) is 2.36. The summed E-state index contributed by atoms with van der Waals surface area (Å²) in [7, 11) is 0. The first-order valence-corrected chi connectivity index (χ1v) is 8.88. The second-order valence-corrected chi connectivity index (χ2v) is 6.67. The van der Waals surface area contributed by atoms with Gasteiger partial charge in [0.2, 0.25) is 0 Å². The van der Waals surface area contributed by atoms with Crippen LogP contribution in [0.3, 0.4) is 0 Å². The fraction of sp³-hybridized carbons (Fsp3) is 0.0400. The van der Waals surface area contributed by atoms with Gasteiger partial charge in [-0.3, -0.25) is 0 Å². The first-order chi connectivity index (χ1) is 12.8. The van der Waals surface area contributed by atoms with Crippen LogP contribution in [0.2, 0.25) is 0 Å². The number of hydrogen-bond acceptors (Lipinski definition) is 1. The summed E-state index contributed by atoms with van der Waals surface area (Å²) in [5.41, 5.74) is 8.12. The van der Waals surface area contributed by atoms with Crippen LogP contribution in [-0.4, -0.2) is 0 Å². The Morgan fingerprint density at radius 2 is 1.35 bits per heavy atom. The van der Waals surface area contributed by atoms with Crippen LogP contribution in [0.5, 0.6) is 0 Å². The molecule has 0 atom stereocenters. The third-order valence-corrected chi connectivity index (χ3v) is 5.02. The molecule has 0 saturated heterocycles. The second-order valence-electron chi connectivity index (χ2n) is 6.67. The number of furan rings is 1. The van der Waals surface area contributed by atoms with E-state index in [1.165, 1.54) is 38.6 Å². The molecule has 0 spiro atoms. The highest BCUT2D eigenvalue weighted by Crippen LogP contribution is 2.37. The van der Waals surface area contributed by atoms with Gasteiger partial charge in [0, 0.05) is 10.8 Å². The molecular formula is C25H18O. The Morgan fingerprint density at radius 3 is 2.19 bits per heavy atom. The fourth-order valence-corrected chi connectivity index (χ4v) is 3.79. The van der Waals surface area contributed by atoms with E-state index in [0.29, 0.717) is 0 Å². The summed E-state index contributed by atoms with van der Waals surface area (Å²) in [5.74, 6) is 0. The summed E-state index contributed by atoms with van der Waals surface area (Å²) in [6.45, 7) is 2.18. The van der Waals surface area contributed by atoms with Crippen molar-refractivity contribution in [3.8, 4) is 22.3 Å². The molecule has 26 heavy (non-hydrogen) atoms. The van der Waals surface area contributed by atoms with Gasteiger partial charge in [0.15, 0.2) is 0 Å². The van der Waals surface area contributed by atoms with Crippen LogP contribution in [0.15, 0.2) is 95.4 Å². The molecule has 5 aromatic rings. The fourth-order valence-electron chi connectivity index (χ4n) is 3.79. The lowest BCUT2D eigenvalue weighted by Crippen LogP contribution is -1.86. The van der Waals surface area contributed by atoms with Gasteiger partial charge in [0.1, 0.15) is 11.2 Å². The van der Waals surface area contributed by atoms with Gasteiger partial charge in [-0.15, -0.1) is 0 Å². The predicted octanol–water partition coefficient (Wildman–Crippen LogP) is 7.23. The van der Waals surface area contributed by atoms with E-state index in [2.05, 4.69) is 79.7 Å². The van der Waals surface area contributed by atoms with Crippen LogP contribution in [0, 0.1) is 6.92 Å². The summed E-state index contributed by atoms with van der Waals surface area (Å²) >= 11 is 0. The summed E-state index contributed by atoms with van der Waals surface area (Å²) in [6, 6.07) is 31.8. The van der Waals surface area contributed by atoms with E-state index in [9.17, 15) is 0 Å². The van der Waals surface area contributed by atoms with Crippen molar-refractivity contribution in [2.45, 2.75) is 6.92 Å². The van der Waals surface area contributed by atoms with Gasteiger partial charge >= 0.3 is 0 Å². The Bertz CT molecular complexity index is 1230. The second kappa shape index (κ2) is 5.89. The lowest BCUT2D eigenvalue weighted by atomic mass is 9.94. The quantitative estimate of drug-likeness (QED) is 0.332. The molecular weight excluding hydrogens is 316 g/mol. The van der Waals surface area contributed by atoms with Gasteiger partial charge in [0.25, 0.3) is 0 Å². The molecule has 0 aliphatic heterocycles. The molecule has 1 heterocycles. The molecule has 0 aliphatic carbocycles. The molecule has 4 aromatic carbocycles. The van der Waals surface area contributed by atoms with E-state index < -0.39 is 0 Å². The lowest BCUT2D eigenvalue weighted by molar-refractivity contribution is 0.669. The molecule has 0 aliphatic rings. The highest BCUT2D eigenvalue weighted by atomic mass is 16.3.